The van der Waals surface area contributed by atoms with Crippen LogP contribution in [0, 0.1) is 0 Å². The number of carbonyl (C=O) groups is 1. The summed E-state index contributed by atoms with van der Waals surface area (Å²) in [7, 11) is 3.96. The van der Waals surface area contributed by atoms with Gasteiger partial charge in [-0.3, -0.25) is 4.79 Å². The lowest BCUT2D eigenvalue weighted by atomic mass is 10.2. The van der Waals surface area contributed by atoms with Crippen LogP contribution in [-0.2, 0) is 4.79 Å². The van der Waals surface area contributed by atoms with Crippen molar-refractivity contribution in [1.82, 2.24) is 19.5 Å². The number of azo groups is 1. The number of hydrogen-bond acceptors (Lipinski definition) is 9. The molecule has 0 aliphatic rings. The van der Waals surface area contributed by atoms with E-state index in [0.29, 0.717) is 28.2 Å². The largest absolute Gasteiger partial charge is 0.382 e. The van der Waals surface area contributed by atoms with E-state index in [4.69, 9.17) is 5.73 Å². The summed E-state index contributed by atoms with van der Waals surface area (Å²) in [5, 5.41) is 14.6. The fraction of sp³-hybridized carbons (Fsp3) is 0.308. The molecule has 4 aromatic rings. The van der Waals surface area contributed by atoms with Gasteiger partial charge < -0.3 is 25.8 Å². The second-order valence-corrected chi connectivity index (χ2v) is 8.50. The molecule has 11 heteroatoms. The molecule has 194 valence electrons. The van der Waals surface area contributed by atoms with Crippen molar-refractivity contribution in [3.8, 4) is 0 Å². The second kappa shape index (κ2) is 11.9. The first-order chi connectivity index (χ1) is 17.7. The third-order valence-corrected chi connectivity index (χ3v) is 5.21. The minimum Gasteiger partial charge on any atom is -0.382 e. The van der Waals surface area contributed by atoms with E-state index in [1.54, 1.807) is 24.5 Å². The molecule has 0 saturated carbocycles. The molecular formula is C26H34N10O. The third kappa shape index (κ3) is 6.57. The van der Waals surface area contributed by atoms with E-state index in [1.807, 2.05) is 75.5 Å². The van der Waals surface area contributed by atoms with Crippen molar-refractivity contribution in [3.05, 3.63) is 48.8 Å². The minimum atomic E-state index is -0.211. The predicted molar refractivity (Wildman–Crippen MR) is 150 cm³/mol. The fourth-order valence-electron chi connectivity index (χ4n) is 3.42. The zero-order chi connectivity index (χ0) is 27.1. The van der Waals surface area contributed by atoms with Crippen molar-refractivity contribution < 1.29 is 4.79 Å². The zero-order valence-electron chi connectivity index (χ0n) is 22.3. The first-order valence-corrected chi connectivity index (χ1v) is 12.1. The van der Waals surface area contributed by atoms with Crippen LogP contribution in [0.15, 0.2) is 59.0 Å². The van der Waals surface area contributed by atoms with E-state index < -0.39 is 0 Å². The molecule has 1 amide bonds. The van der Waals surface area contributed by atoms with E-state index in [1.165, 1.54) is 6.92 Å². The zero-order valence-corrected chi connectivity index (χ0v) is 22.3. The summed E-state index contributed by atoms with van der Waals surface area (Å²) in [6.45, 7) is 9.50. The summed E-state index contributed by atoms with van der Waals surface area (Å²) < 4.78 is 1.92. The van der Waals surface area contributed by atoms with Gasteiger partial charge in [0.05, 0.1) is 29.1 Å². The van der Waals surface area contributed by atoms with Crippen LogP contribution in [0.3, 0.4) is 0 Å². The maximum absolute atomic E-state index is 11.8. The van der Waals surface area contributed by atoms with Crippen molar-refractivity contribution in [2.24, 2.45) is 10.2 Å². The third-order valence-electron chi connectivity index (χ3n) is 5.21. The van der Waals surface area contributed by atoms with Crippen LogP contribution in [0.5, 0.6) is 0 Å². The Morgan fingerprint density at radius 2 is 1.65 bits per heavy atom. The van der Waals surface area contributed by atoms with Gasteiger partial charge in [-0.15, -0.1) is 0 Å². The number of anilines is 5. The topological polar surface area (TPSA) is 139 Å². The summed E-state index contributed by atoms with van der Waals surface area (Å²) in [4.78, 5) is 27.0. The number of nitrogens with two attached hydrogens (primary N) is 1. The van der Waals surface area contributed by atoms with E-state index in [2.05, 4.69) is 35.8 Å². The number of carbonyl (C=O) groups excluding carboxylic acids is 1. The SMILES string of the molecule is CC.CC(=O)Nc1ccc(N=Nc2ccc(N(C)C)cc2)cc1Nc1nc(N)c2ncn(C(C)C)c2n1. The maximum atomic E-state index is 11.8. The molecule has 0 radical (unpaired) electrons. The predicted octanol–water partition coefficient (Wildman–Crippen LogP) is 6.20. The second-order valence-electron chi connectivity index (χ2n) is 8.50. The van der Waals surface area contributed by atoms with Gasteiger partial charge in [-0.25, -0.2) is 4.98 Å². The lowest BCUT2D eigenvalue weighted by molar-refractivity contribution is -0.114. The molecule has 0 bridgehead atoms. The van der Waals surface area contributed by atoms with Crippen molar-refractivity contribution >= 4 is 57.3 Å². The first-order valence-electron chi connectivity index (χ1n) is 12.1. The number of imidazole rings is 1. The molecule has 0 atom stereocenters. The van der Waals surface area contributed by atoms with Crippen LogP contribution in [-0.4, -0.2) is 39.5 Å². The molecule has 2 aromatic carbocycles. The molecule has 0 spiro atoms. The van der Waals surface area contributed by atoms with Crippen molar-refractivity contribution in [1.29, 1.82) is 0 Å². The molecule has 4 rings (SSSR count). The Balaban J connectivity index is 0.00000186. The first kappa shape index (κ1) is 27.1. The quantitative estimate of drug-likeness (QED) is 0.256. The molecule has 2 aromatic heterocycles. The van der Waals surface area contributed by atoms with E-state index in [9.17, 15) is 4.79 Å². The van der Waals surface area contributed by atoms with Crippen molar-refractivity contribution in [2.75, 3.05) is 35.4 Å². The Morgan fingerprint density at radius 1 is 1.00 bits per heavy atom. The minimum absolute atomic E-state index is 0.146. The average Bonchev–Trinajstić information content (AvgIpc) is 3.30. The lowest BCUT2D eigenvalue weighted by Gasteiger charge is -2.13. The normalized spacial score (nSPS) is 10.9. The molecule has 11 nitrogen and oxygen atoms in total. The monoisotopic (exact) mass is 502 g/mol. The molecule has 2 heterocycles. The smallest absolute Gasteiger partial charge is 0.231 e. The Kier molecular flexibility index (Phi) is 8.72. The molecular weight excluding hydrogens is 468 g/mol. The van der Waals surface area contributed by atoms with Crippen LogP contribution in [0.1, 0.15) is 40.7 Å². The van der Waals surface area contributed by atoms with E-state index in [0.717, 1.165) is 11.4 Å². The van der Waals surface area contributed by atoms with Gasteiger partial charge in [0.25, 0.3) is 0 Å². The summed E-state index contributed by atoms with van der Waals surface area (Å²) in [5.41, 5.74) is 10.8. The summed E-state index contributed by atoms with van der Waals surface area (Å²) in [6, 6.07) is 13.1. The number of amides is 1. The number of benzene rings is 2. The average molecular weight is 503 g/mol. The van der Waals surface area contributed by atoms with Gasteiger partial charge in [0.2, 0.25) is 11.9 Å². The summed E-state index contributed by atoms with van der Waals surface area (Å²) in [6.07, 6.45) is 1.69. The van der Waals surface area contributed by atoms with Crippen molar-refractivity contribution in [2.45, 2.75) is 40.7 Å². The number of nitrogens with zero attached hydrogens (tertiary/aromatic N) is 7. The van der Waals surface area contributed by atoms with Gasteiger partial charge >= 0.3 is 0 Å². The van der Waals surface area contributed by atoms with Crippen molar-refractivity contribution in [3.63, 3.8) is 0 Å². The highest BCUT2D eigenvalue weighted by atomic mass is 16.1. The number of hydrogen-bond donors (Lipinski definition) is 3. The molecule has 0 unspecified atom stereocenters. The number of nitrogens with one attached hydrogen (secondary N) is 2. The van der Waals surface area contributed by atoms with Crippen LogP contribution in [0.4, 0.5) is 40.2 Å². The number of aromatic nitrogens is 4. The van der Waals surface area contributed by atoms with Gasteiger partial charge in [-0.1, -0.05) is 13.8 Å². The Morgan fingerprint density at radius 3 is 2.27 bits per heavy atom. The molecule has 0 fully saturated rings. The molecule has 4 N–H and O–H groups in total. The molecule has 37 heavy (non-hydrogen) atoms. The van der Waals surface area contributed by atoms with E-state index in [-0.39, 0.29) is 23.7 Å². The van der Waals surface area contributed by atoms with Crippen LogP contribution in [0.25, 0.3) is 11.2 Å². The Labute approximate surface area is 216 Å². The molecule has 0 saturated heterocycles. The Hall–Kier alpha value is -4.54. The summed E-state index contributed by atoms with van der Waals surface area (Å²) in [5.74, 6) is 0.324. The number of rotatable bonds is 7. The van der Waals surface area contributed by atoms with Gasteiger partial charge in [0, 0.05) is 32.7 Å². The van der Waals surface area contributed by atoms with Crippen LogP contribution in [0.2, 0.25) is 0 Å². The summed E-state index contributed by atoms with van der Waals surface area (Å²) >= 11 is 0. The lowest BCUT2D eigenvalue weighted by Crippen LogP contribution is -2.09. The van der Waals surface area contributed by atoms with Gasteiger partial charge in [-0.2, -0.15) is 20.2 Å². The highest BCUT2D eigenvalue weighted by Crippen LogP contribution is 2.31. The fourth-order valence-corrected chi connectivity index (χ4v) is 3.42. The highest BCUT2D eigenvalue weighted by molar-refractivity contribution is 5.94. The molecule has 0 aliphatic heterocycles. The maximum Gasteiger partial charge on any atom is 0.231 e. The van der Waals surface area contributed by atoms with Crippen LogP contribution >= 0.6 is 0 Å². The number of fused-ring (bicyclic) bond motifs is 1. The van der Waals surface area contributed by atoms with E-state index >= 15 is 0 Å². The highest BCUT2D eigenvalue weighted by Gasteiger charge is 2.15. The molecule has 0 aliphatic carbocycles. The van der Waals surface area contributed by atoms with Gasteiger partial charge in [0.1, 0.15) is 5.52 Å². The number of nitrogen functional groups attached to an aromatic ring is 1. The van der Waals surface area contributed by atoms with Gasteiger partial charge in [0.15, 0.2) is 11.5 Å². The van der Waals surface area contributed by atoms with Gasteiger partial charge in [-0.05, 0) is 56.3 Å². The van der Waals surface area contributed by atoms with Crippen LogP contribution < -0.4 is 21.3 Å². The standard InChI is InChI=1S/C24H28N10O.C2H6/c1-14(2)34-13-26-21-22(25)29-24(30-23(21)34)28-20-12-17(8-11-19(20)27-15(3)35)32-31-16-6-9-18(10-7-16)33(4)5;1-2/h6-14H,1-5H3,(H,27,35)(H3,25,28,29,30);1-2H3. The Bertz CT molecular complexity index is 1390.